The number of nitrogens with zero attached hydrogens (tertiary/aromatic N) is 1. The van der Waals surface area contributed by atoms with Crippen molar-refractivity contribution in [2.24, 2.45) is 11.8 Å². The van der Waals surface area contributed by atoms with Crippen LogP contribution >= 0.6 is 0 Å². The van der Waals surface area contributed by atoms with Gasteiger partial charge in [0.1, 0.15) is 5.60 Å². The van der Waals surface area contributed by atoms with Gasteiger partial charge in [-0.15, -0.1) is 0 Å². The molecule has 5 heteroatoms. The lowest BCUT2D eigenvalue weighted by Gasteiger charge is -2.30. The number of nitrogens with two attached hydrogens (primary N) is 2. The monoisotopic (exact) mass is 437 g/mol. The molecule has 1 aliphatic carbocycles. The van der Waals surface area contributed by atoms with E-state index in [1.165, 1.54) is 24.8 Å². The van der Waals surface area contributed by atoms with Crippen LogP contribution in [0.3, 0.4) is 0 Å². The summed E-state index contributed by atoms with van der Waals surface area (Å²) in [6.07, 6.45) is 5.50. The first kappa shape index (κ1) is 24.0. The van der Waals surface area contributed by atoms with Crippen molar-refractivity contribution in [1.82, 2.24) is 0 Å². The molecule has 1 saturated carbocycles. The van der Waals surface area contributed by atoms with Crippen molar-refractivity contribution >= 4 is 23.2 Å². The lowest BCUT2D eigenvalue weighted by atomic mass is 9.82. The van der Waals surface area contributed by atoms with Crippen LogP contribution < -0.4 is 16.4 Å². The van der Waals surface area contributed by atoms with E-state index in [0.717, 1.165) is 24.2 Å². The van der Waals surface area contributed by atoms with E-state index in [1.807, 2.05) is 57.2 Å². The van der Waals surface area contributed by atoms with E-state index in [0.29, 0.717) is 30.0 Å². The first-order chi connectivity index (χ1) is 15.1. The predicted molar refractivity (Wildman–Crippen MR) is 134 cm³/mol. The molecule has 1 amide bonds. The molecule has 0 radical (unpaired) electrons. The maximum atomic E-state index is 13.1. The van der Waals surface area contributed by atoms with Crippen molar-refractivity contribution in [1.29, 1.82) is 0 Å². The fourth-order valence-corrected chi connectivity index (χ4v) is 4.68. The van der Waals surface area contributed by atoms with Crippen LogP contribution in [0.5, 0.6) is 0 Å². The molecule has 1 fully saturated rings. The highest BCUT2D eigenvalue weighted by Gasteiger charge is 2.29. The summed E-state index contributed by atoms with van der Waals surface area (Å²) in [5.41, 5.74) is 14.9. The maximum absolute atomic E-state index is 13.1. The van der Waals surface area contributed by atoms with Crippen LogP contribution in [0.2, 0.25) is 0 Å². The Labute approximate surface area is 193 Å². The highest BCUT2D eigenvalue weighted by atomic mass is 16.6. The quantitative estimate of drug-likeness (QED) is 0.408. The molecule has 3 unspecified atom stereocenters. The van der Waals surface area contributed by atoms with Gasteiger partial charge in [-0.1, -0.05) is 25.5 Å². The zero-order chi connectivity index (χ0) is 23.3. The molecule has 174 valence electrons. The molecular formula is C27H39N3O2. The minimum atomic E-state index is -0.536. The van der Waals surface area contributed by atoms with Gasteiger partial charge in [-0.3, -0.25) is 4.90 Å². The standard InChI is InChI=1S/C27H39N3O2/c1-19(22-10-12-23(28)13-11-22)21-7-5-6-20(8-9-21)18-30(26(31)32-27(2,3)4)25-16-14-24(29)15-17-25/h10-17,19-21H,5-9,18,28-29H2,1-4H3. The van der Waals surface area contributed by atoms with Crippen LogP contribution in [0.25, 0.3) is 0 Å². The normalized spacial score (nSPS) is 20.2. The van der Waals surface area contributed by atoms with Crippen molar-refractivity contribution in [2.75, 3.05) is 22.9 Å². The van der Waals surface area contributed by atoms with Gasteiger partial charge in [-0.05, 0) is 106 Å². The second-order valence-electron chi connectivity index (χ2n) is 10.3. The number of amides is 1. The number of carbonyl (C=O) groups excluding carboxylic acids is 1. The smallest absolute Gasteiger partial charge is 0.414 e. The second-order valence-corrected chi connectivity index (χ2v) is 10.3. The number of carbonyl (C=O) groups is 1. The van der Waals surface area contributed by atoms with Gasteiger partial charge >= 0.3 is 6.09 Å². The van der Waals surface area contributed by atoms with Crippen molar-refractivity contribution < 1.29 is 9.53 Å². The highest BCUT2D eigenvalue weighted by molar-refractivity contribution is 5.88. The highest BCUT2D eigenvalue weighted by Crippen LogP contribution is 2.37. The summed E-state index contributed by atoms with van der Waals surface area (Å²) in [4.78, 5) is 14.8. The second kappa shape index (κ2) is 10.3. The molecular weight excluding hydrogens is 398 g/mol. The third-order valence-electron chi connectivity index (χ3n) is 6.56. The number of anilines is 3. The Morgan fingerprint density at radius 1 is 0.969 bits per heavy atom. The van der Waals surface area contributed by atoms with Gasteiger partial charge in [0.25, 0.3) is 0 Å². The molecule has 0 bridgehead atoms. The summed E-state index contributed by atoms with van der Waals surface area (Å²) in [5, 5.41) is 0. The molecule has 0 aromatic heterocycles. The van der Waals surface area contributed by atoms with Gasteiger partial charge < -0.3 is 16.2 Å². The molecule has 2 aromatic carbocycles. The van der Waals surface area contributed by atoms with Gasteiger partial charge in [0.05, 0.1) is 0 Å². The molecule has 3 atom stereocenters. The summed E-state index contributed by atoms with van der Waals surface area (Å²) < 4.78 is 5.73. The number of hydrogen-bond donors (Lipinski definition) is 2. The molecule has 0 heterocycles. The lowest BCUT2D eigenvalue weighted by Crippen LogP contribution is -2.39. The predicted octanol–water partition coefficient (Wildman–Crippen LogP) is 6.59. The third-order valence-corrected chi connectivity index (χ3v) is 6.56. The molecule has 32 heavy (non-hydrogen) atoms. The van der Waals surface area contributed by atoms with E-state index < -0.39 is 5.60 Å². The van der Waals surface area contributed by atoms with E-state index in [4.69, 9.17) is 16.2 Å². The minimum absolute atomic E-state index is 0.293. The molecule has 0 spiro atoms. The lowest BCUT2D eigenvalue weighted by molar-refractivity contribution is 0.0573. The number of ether oxygens (including phenoxy) is 1. The van der Waals surface area contributed by atoms with Crippen molar-refractivity contribution in [3.8, 4) is 0 Å². The largest absolute Gasteiger partial charge is 0.443 e. The van der Waals surface area contributed by atoms with Crippen LogP contribution in [-0.4, -0.2) is 18.2 Å². The van der Waals surface area contributed by atoms with Crippen LogP contribution in [-0.2, 0) is 4.74 Å². The number of benzene rings is 2. The Morgan fingerprint density at radius 3 is 2.16 bits per heavy atom. The summed E-state index contributed by atoms with van der Waals surface area (Å²) in [6.45, 7) is 8.71. The van der Waals surface area contributed by atoms with Gasteiger partial charge in [0.15, 0.2) is 0 Å². The Kier molecular flexibility index (Phi) is 7.70. The fourth-order valence-electron chi connectivity index (χ4n) is 4.68. The molecule has 1 aliphatic rings. The summed E-state index contributed by atoms with van der Waals surface area (Å²) in [5.74, 6) is 1.60. The van der Waals surface area contributed by atoms with Crippen LogP contribution in [0.1, 0.15) is 71.3 Å². The van der Waals surface area contributed by atoms with Gasteiger partial charge in [0.2, 0.25) is 0 Å². The molecule has 3 rings (SSSR count). The third kappa shape index (κ3) is 6.65. The maximum Gasteiger partial charge on any atom is 0.414 e. The average Bonchev–Trinajstić information content (AvgIpc) is 2.97. The van der Waals surface area contributed by atoms with Crippen LogP contribution in [0.4, 0.5) is 21.9 Å². The van der Waals surface area contributed by atoms with Gasteiger partial charge in [0, 0.05) is 23.6 Å². The number of nitrogen functional groups attached to an aromatic ring is 2. The fraction of sp³-hybridized carbons (Fsp3) is 0.519. The summed E-state index contributed by atoms with van der Waals surface area (Å²) in [6, 6.07) is 15.8. The number of hydrogen-bond acceptors (Lipinski definition) is 4. The van der Waals surface area contributed by atoms with E-state index in [-0.39, 0.29) is 6.09 Å². The topological polar surface area (TPSA) is 81.6 Å². The summed E-state index contributed by atoms with van der Waals surface area (Å²) in [7, 11) is 0. The van der Waals surface area contributed by atoms with Crippen LogP contribution in [0, 0.1) is 11.8 Å². The van der Waals surface area contributed by atoms with Crippen LogP contribution in [0.15, 0.2) is 48.5 Å². The first-order valence-corrected chi connectivity index (χ1v) is 11.8. The first-order valence-electron chi connectivity index (χ1n) is 11.8. The Hall–Kier alpha value is -2.69. The molecule has 4 N–H and O–H groups in total. The molecule has 0 aliphatic heterocycles. The number of rotatable bonds is 5. The Bertz CT molecular complexity index is 871. The average molecular weight is 438 g/mol. The molecule has 5 nitrogen and oxygen atoms in total. The SMILES string of the molecule is CC(c1ccc(N)cc1)C1CCCC(CN(C(=O)OC(C)(C)C)c2ccc(N)cc2)CC1. The van der Waals surface area contributed by atoms with E-state index in [9.17, 15) is 4.79 Å². The molecule has 2 aromatic rings. The van der Waals surface area contributed by atoms with E-state index in [1.54, 1.807) is 4.90 Å². The minimum Gasteiger partial charge on any atom is -0.443 e. The summed E-state index contributed by atoms with van der Waals surface area (Å²) >= 11 is 0. The van der Waals surface area contributed by atoms with Crippen molar-refractivity contribution in [3.05, 3.63) is 54.1 Å². The van der Waals surface area contributed by atoms with Gasteiger partial charge in [-0.2, -0.15) is 0 Å². The van der Waals surface area contributed by atoms with Crippen molar-refractivity contribution in [3.63, 3.8) is 0 Å². The molecule has 0 saturated heterocycles. The Balaban J connectivity index is 1.69. The zero-order valence-electron chi connectivity index (χ0n) is 20.0. The Morgan fingerprint density at radius 2 is 1.56 bits per heavy atom. The van der Waals surface area contributed by atoms with Gasteiger partial charge in [-0.25, -0.2) is 4.79 Å². The van der Waals surface area contributed by atoms with Crippen molar-refractivity contribution in [2.45, 2.75) is 71.3 Å². The van der Waals surface area contributed by atoms with E-state index >= 15 is 0 Å². The zero-order valence-corrected chi connectivity index (χ0v) is 20.0. The van der Waals surface area contributed by atoms with E-state index in [2.05, 4.69) is 19.1 Å².